The predicted octanol–water partition coefficient (Wildman–Crippen LogP) is 6.28. The molecule has 0 aromatic carbocycles. The van der Waals surface area contributed by atoms with Crippen molar-refractivity contribution in [3.8, 4) is 0 Å². The average Bonchev–Trinajstić information content (AvgIpc) is 3.01. The first kappa shape index (κ1) is 14.7. The van der Waals surface area contributed by atoms with Gasteiger partial charge in [-0.2, -0.15) is 0 Å². The summed E-state index contributed by atoms with van der Waals surface area (Å²) < 4.78 is 0. The van der Waals surface area contributed by atoms with Gasteiger partial charge in [0.2, 0.25) is 0 Å². The van der Waals surface area contributed by atoms with Gasteiger partial charge in [0.25, 0.3) is 0 Å². The second kappa shape index (κ2) is 7.14. The highest BCUT2D eigenvalue weighted by Gasteiger charge is 2.31. The molecule has 20 heavy (non-hydrogen) atoms. The minimum Gasteiger partial charge on any atom is -0.102 e. The lowest BCUT2D eigenvalue weighted by Gasteiger charge is -2.37. The van der Waals surface area contributed by atoms with Crippen molar-refractivity contribution in [2.45, 2.75) is 83.5 Å². The molecule has 3 aliphatic rings. The fourth-order valence-electron chi connectivity index (χ4n) is 5.01. The van der Waals surface area contributed by atoms with Gasteiger partial charge in [0.15, 0.2) is 0 Å². The van der Waals surface area contributed by atoms with Crippen LogP contribution in [0.3, 0.4) is 0 Å². The molecular formula is C20H32. The van der Waals surface area contributed by atoms with E-state index >= 15 is 0 Å². The van der Waals surface area contributed by atoms with Gasteiger partial charge in [-0.05, 0) is 87.4 Å². The summed E-state index contributed by atoms with van der Waals surface area (Å²) in [6.45, 7) is 3.94. The normalized spacial score (nSPS) is 29.0. The van der Waals surface area contributed by atoms with Crippen LogP contribution in [0.4, 0.5) is 0 Å². The van der Waals surface area contributed by atoms with Crippen LogP contribution in [0, 0.1) is 29.6 Å². The van der Waals surface area contributed by atoms with Crippen LogP contribution in [-0.2, 0) is 0 Å². The predicted molar refractivity (Wildman–Crippen MR) is 87.2 cm³/mol. The Morgan fingerprint density at radius 3 is 2.00 bits per heavy atom. The van der Waals surface area contributed by atoms with Gasteiger partial charge in [-0.1, -0.05) is 31.8 Å². The Balaban J connectivity index is 1.38. The first-order valence-electron chi connectivity index (χ1n) is 9.17. The first-order chi connectivity index (χ1) is 9.85. The van der Waals surface area contributed by atoms with Crippen LogP contribution in [0.15, 0.2) is 12.7 Å². The summed E-state index contributed by atoms with van der Waals surface area (Å²) in [5.41, 5.74) is 0. The van der Waals surface area contributed by atoms with Crippen molar-refractivity contribution in [2.24, 2.45) is 17.8 Å². The molecular weight excluding hydrogens is 240 g/mol. The van der Waals surface area contributed by atoms with Crippen molar-refractivity contribution in [3.05, 3.63) is 24.5 Å². The summed E-state index contributed by atoms with van der Waals surface area (Å²) in [6, 6.07) is 0. The number of hydrogen-bond acceptors (Lipinski definition) is 0. The molecule has 0 spiro atoms. The summed E-state index contributed by atoms with van der Waals surface area (Å²) in [4.78, 5) is 0. The topological polar surface area (TPSA) is 0 Å². The highest BCUT2D eigenvalue weighted by atomic mass is 14.4. The van der Waals surface area contributed by atoms with Crippen molar-refractivity contribution in [1.82, 2.24) is 0 Å². The zero-order valence-corrected chi connectivity index (χ0v) is 13.2. The highest BCUT2D eigenvalue weighted by molar-refractivity contribution is 5.12. The van der Waals surface area contributed by atoms with Crippen molar-refractivity contribution >= 4 is 0 Å². The molecule has 0 N–H and O–H groups in total. The van der Waals surface area contributed by atoms with Gasteiger partial charge in [-0.25, -0.2) is 0 Å². The van der Waals surface area contributed by atoms with Crippen molar-refractivity contribution in [1.29, 1.82) is 0 Å². The smallest absolute Gasteiger partial charge is 0.00299 e. The van der Waals surface area contributed by atoms with Gasteiger partial charge in [-0.15, -0.1) is 6.58 Å². The van der Waals surface area contributed by atoms with Crippen LogP contribution < -0.4 is 0 Å². The van der Waals surface area contributed by atoms with Gasteiger partial charge >= 0.3 is 0 Å². The maximum atomic E-state index is 3.94. The molecule has 3 fully saturated rings. The maximum Gasteiger partial charge on any atom is -0.00299 e. The maximum absolute atomic E-state index is 3.94. The molecule has 0 saturated heterocycles. The summed E-state index contributed by atoms with van der Waals surface area (Å²) in [5.74, 6) is 6.68. The van der Waals surface area contributed by atoms with Crippen LogP contribution in [0.2, 0.25) is 0 Å². The Labute approximate surface area is 126 Å². The second-order valence-electron chi connectivity index (χ2n) is 7.62. The summed E-state index contributed by atoms with van der Waals surface area (Å²) in [6.07, 6.45) is 21.2. The van der Waals surface area contributed by atoms with E-state index in [0.717, 1.165) is 17.8 Å². The van der Waals surface area contributed by atoms with Crippen molar-refractivity contribution < 1.29 is 0 Å². The molecule has 0 aliphatic heterocycles. The van der Waals surface area contributed by atoms with E-state index in [9.17, 15) is 0 Å². The van der Waals surface area contributed by atoms with E-state index < -0.39 is 0 Å². The first-order valence-corrected chi connectivity index (χ1v) is 9.17. The third-order valence-corrected chi connectivity index (χ3v) is 6.38. The monoisotopic (exact) mass is 272 g/mol. The van der Waals surface area contributed by atoms with Crippen molar-refractivity contribution in [2.75, 3.05) is 0 Å². The van der Waals surface area contributed by atoms with Gasteiger partial charge in [0.1, 0.15) is 0 Å². The Morgan fingerprint density at radius 2 is 1.40 bits per heavy atom. The number of allylic oxidation sites excluding steroid dienone is 1. The molecule has 112 valence electrons. The van der Waals surface area contributed by atoms with Crippen LogP contribution in [0.5, 0.6) is 0 Å². The summed E-state index contributed by atoms with van der Waals surface area (Å²) in [7, 11) is 0. The molecule has 3 aliphatic carbocycles. The van der Waals surface area contributed by atoms with E-state index in [0.29, 0.717) is 0 Å². The molecule has 2 radical (unpaired) electrons. The zero-order valence-electron chi connectivity index (χ0n) is 13.2. The molecule has 0 aromatic heterocycles. The fourth-order valence-corrected chi connectivity index (χ4v) is 5.01. The quantitative estimate of drug-likeness (QED) is 0.565. The average molecular weight is 272 g/mol. The third kappa shape index (κ3) is 3.68. The van der Waals surface area contributed by atoms with E-state index in [1.54, 1.807) is 12.3 Å². The summed E-state index contributed by atoms with van der Waals surface area (Å²) >= 11 is 0. The zero-order chi connectivity index (χ0) is 13.8. The number of hydrogen-bond donors (Lipinski definition) is 0. The Morgan fingerprint density at radius 1 is 0.800 bits per heavy atom. The molecule has 3 saturated carbocycles. The lowest BCUT2D eigenvalue weighted by molar-refractivity contribution is 0.262. The van der Waals surface area contributed by atoms with Crippen molar-refractivity contribution in [3.63, 3.8) is 0 Å². The van der Waals surface area contributed by atoms with E-state index in [1.165, 1.54) is 77.0 Å². The van der Waals surface area contributed by atoms with E-state index in [-0.39, 0.29) is 0 Å². The number of rotatable bonds is 4. The molecule has 0 nitrogen and oxygen atoms in total. The Bertz CT molecular complexity index is 283. The molecule has 0 amide bonds. The second-order valence-corrected chi connectivity index (χ2v) is 7.62. The largest absolute Gasteiger partial charge is 0.102 e. The van der Waals surface area contributed by atoms with E-state index in [2.05, 4.69) is 12.7 Å². The molecule has 0 bridgehead atoms. The van der Waals surface area contributed by atoms with Gasteiger partial charge in [0, 0.05) is 0 Å². The molecule has 0 aromatic rings. The van der Waals surface area contributed by atoms with Crippen LogP contribution >= 0.6 is 0 Å². The molecule has 0 heterocycles. The fraction of sp³-hybridized carbons (Fsp3) is 0.800. The van der Waals surface area contributed by atoms with E-state index in [4.69, 9.17) is 0 Å². The minimum atomic E-state index is 0.964. The highest BCUT2D eigenvalue weighted by Crippen LogP contribution is 2.45. The molecule has 3 rings (SSSR count). The van der Waals surface area contributed by atoms with Crippen LogP contribution in [0.1, 0.15) is 83.5 Å². The lowest BCUT2D eigenvalue weighted by Crippen LogP contribution is -2.24. The van der Waals surface area contributed by atoms with Crippen LogP contribution in [-0.4, -0.2) is 0 Å². The van der Waals surface area contributed by atoms with Crippen LogP contribution in [0.25, 0.3) is 0 Å². The van der Waals surface area contributed by atoms with Gasteiger partial charge in [-0.3, -0.25) is 0 Å². The standard InChI is InChI=1S/C20H32/c1-2-16-7-11-19(12-8-16)20-13-9-18(10-14-20)15-17-5-3-4-6-17/h2,17-19H,1,3-15H2. The third-order valence-electron chi connectivity index (χ3n) is 6.38. The Kier molecular flexibility index (Phi) is 5.24. The minimum absolute atomic E-state index is 0.964. The summed E-state index contributed by atoms with van der Waals surface area (Å²) in [5, 5.41) is 0. The molecule has 0 heteroatoms. The lowest BCUT2D eigenvalue weighted by atomic mass is 9.68. The molecule has 0 atom stereocenters. The molecule has 0 unspecified atom stereocenters. The van der Waals surface area contributed by atoms with Gasteiger partial charge in [0.05, 0.1) is 0 Å². The SMILES string of the molecule is C=C[C]1CCC([C]2CCC(CC3CCCC3)CC2)CC1. The Hall–Kier alpha value is -0.260. The van der Waals surface area contributed by atoms with Gasteiger partial charge < -0.3 is 0 Å². The van der Waals surface area contributed by atoms with E-state index in [1.807, 2.05) is 5.92 Å².